The van der Waals surface area contributed by atoms with Crippen LogP contribution >= 0.6 is 15.9 Å². The van der Waals surface area contributed by atoms with Crippen LogP contribution < -0.4 is 10.6 Å². The van der Waals surface area contributed by atoms with Gasteiger partial charge in [-0.05, 0) is 22.0 Å². The summed E-state index contributed by atoms with van der Waals surface area (Å²) >= 11 is 3.21. The van der Waals surface area contributed by atoms with E-state index in [4.69, 9.17) is 4.74 Å². The van der Waals surface area contributed by atoms with Crippen molar-refractivity contribution in [3.63, 3.8) is 0 Å². The molecule has 1 rings (SSSR count). The zero-order valence-electron chi connectivity index (χ0n) is 10.3. The van der Waals surface area contributed by atoms with E-state index in [1.54, 1.807) is 13.2 Å². The van der Waals surface area contributed by atoms with Crippen molar-refractivity contribution >= 4 is 33.2 Å². The van der Waals surface area contributed by atoms with Crippen molar-refractivity contribution in [1.82, 2.24) is 5.32 Å². The first kappa shape index (κ1) is 15.4. The molecule has 1 aromatic carbocycles. The second-order valence-electron chi connectivity index (χ2n) is 3.62. The predicted octanol–water partition coefficient (Wildman–Crippen LogP) is 1.53. The summed E-state index contributed by atoms with van der Waals surface area (Å²) in [5.74, 6) is -0.178. The molecule has 0 spiro atoms. The Morgan fingerprint density at radius 3 is 2.84 bits per heavy atom. The molecule has 0 aliphatic rings. The Hall–Kier alpha value is -1.67. The van der Waals surface area contributed by atoms with E-state index in [9.17, 15) is 14.9 Å². The van der Waals surface area contributed by atoms with Crippen LogP contribution in [0.15, 0.2) is 22.7 Å². The molecule has 0 heterocycles. The number of methoxy groups -OCH3 is 1. The number of nitro groups is 1. The highest BCUT2D eigenvalue weighted by atomic mass is 79.9. The molecule has 0 aliphatic heterocycles. The number of carbonyl (C=O) groups is 1. The van der Waals surface area contributed by atoms with E-state index >= 15 is 0 Å². The number of benzene rings is 1. The van der Waals surface area contributed by atoms with Gasteiger partial charge < -0.3 is 15.4 Å². The average Bonchev–Trinajstić information content (AvgIpc) is 2.37. The SMILES string of the molecule is COCCNC(=O)CNc1ccc([N+](=O)[O-])cc1Br. The minimum absolute atomic E-state index is 0.0121. The molecule has 104 valence electrons. The molecule has 8 heteroatoms. The van der Waals surface area contributed by atoms with Gasteiger partial charge in [-0.15, -0.1) is 0 Å². The van der Waals surface area contributed by atoms with Crippen molar-refractivity contribution in [2.45, 2.75) is 0 Å². The van der Waals surface area contributed by atoms with Crippen molar-refractivity contribution in [3.05, 3.63) is 32.8 Å². The van der Waals surface area contributed by atoms with Crippen molar-refractivity contribution in [2.75, 3.05) is 32.1 Å². The van der Waals surface area contributed by atoms with Gasteiger partial charge in [0.05, 0.1) is 18.1 Å². The van der Waals surface area contributed by atoms with Crippen LogP contribution in [-0.4, -0.2) is 37.6 Å². The summed E-state index contributed by atoms with van der Waals surface area (Å²) < 4.78 is 5.34. The number of anilines is 1. The van der Waals surface area contributed by atoms with Crippen LogP contribution in [-0.2, 0) is 9.53 Å². The first-order valence-corrected chi connectivity index (χ1v) is 6.27. The highest BCUT2D eigenvalue weighted by Crippen LogP contribution is 2.26. The number of non-ortho nitro benzene ring substituents is 1. The number of nitrogens with zero attached hydrogens (tertiary/aromatic N) is 1. The molecular weight excluding hydrogens is 318 g/mol. The lowest BCUT2D eigenvalue weighted by molar-refractivity contribution is -0.384. The second-order valence-corrected chi connectivity index (χ2v) is 4.47. The van der Waals surface area contributed by atoms with Crippen LogP contribution in [0.25, 0.3) is 0 Å². The summed E-state index contributed by atoms with van der Waals surface area (Å²) in [5.41, 5.74) is 0.606. The van der Waals surface area contributed by atoms with Crippen LogP contribution in [0.3, 0.4) is 0 Å². The minimum Gasteiger partial charge on any atom is -0.383 e. The lowest BCUT2D eigenvalue weighted by Crippen LogP contribution is -2.32. The van der Waals surface area contributed by atoms with E-state index in [1.165, 1.54) is 12.1 Å². The molecule has 0 unspecified atom stereocenters. The van der Waals surface area contributed by atoms with E-state index in [-0.39, 0.29) is 18.1 Å². The van der Waals surface area contributed by atoms with Crippen molar-refractivity contribution < 1.29 is 14.5 Å². The summed E-state index contributed by atoms with van der Waals surface area (Å²) in [5, 5.41) is 16.1. The van der Waals surface area contributed by atoms with Crippen LogP contribution in [0.2, 0.25) is 0 Å². The number of rotatable bonds is 7. The molecule has 0 aliphatic carbocycles. The highest BCUT2D eigenvalue weighted by Gasteiger charge is 2.09. The van der Waals surface area contributed by atoms with Crippen molar-refractivity contribution in [3.8, 4) is 0 Å². The van der Waals surface area contributed by atoms with Crippen LogP contribution in [0.4, 0.5) is 11.4 Å². The van der Waals surface area contributed by atoms with Crippen LogP contribution in [0.1, 0.15) is 0 Å². The maximum Gasteiger partial charge on any atom is 0.270 e. The third-order valence-corrected chi connectivity index (χ3v) is 2.89. The zero-order valence-corrected chi connectivity index (χ0v) is 11.9. The maximum atomic E-state index is 11.4. The average molecular weight is 332 g/mol. The van der Waals surface area contributed by atoms with Gasteiger partial charge in [-0.25, -0.2) is 0 Å². The number of amides is 1. The van der Waals surface area contributed by atoms with Gasteiger partial charge in [0.2, 0.25) is 5.91 Å². The molecular formula is C11H14BrN3O4. The molecule has 7 nitrogen and oxygen atoms in total. The summed E-state index contributed by atoms with van der Waals surface area (Å²) in [7, 11) is 1.55. The van der Waals surface area contributed by atoms with E-state index in [2.05, 4.69) is 26.6 Å². The third-order valence-electron chi connectivity index (χ3n) is 2.23. The Labute approximate surface area is 118 Å². The van der Waals surface area contributed by atoms with Gasteiger partial charge in [0, 0.05) is 35.9 Å². The predicted molar refractivity (Wildman–Crippen MR) is 74.2 cm³/mol. The van der Waals surface area contributed by atoms with E-state index in [0.717, 1.165) is 0 Å². The summed E-state index contributed by atoms with van der Waals surface area (Å²) in [4.78, 5) is 21.5. The summed E-state index contributed by atoms with van der Waals surface area (Å²) in [6.07, 6.45) is 0. The van der Waals surface area contributed by atoms with Crippen molar-refractivity contribution in [1.29, 1.82) is 0 Å². The van der Waals surface area contributed by atoms with Gasteiger partial charge in [-0.2, -0.15) is 0 Å². The molecule has 0 bridgehead atoms. The third kappa shape index (κ3) is 5.23. The number of ether oxygens (including phenoxy) is 1. The first-order valence-electron chi connectivity index (χ1n) is 5.48. The second kappa shape index (κ2) is 7.70. The first-order chi connectivity index (χ1) is 9.04. The largest absolute Gasteiger partial charge is 0.383 e. The molecule has 0 saturated carbocycles. The topological polar surface area (TPSA) is 93.5 Å². The fourth-order valence-electron chi connectivity index (χ4n) is 1.29. The van der Waals surface area contributed by atoms with Gasteiger partial charge >= 0.3 is 0 Å². The fraction of sp³-hybridized carbons (Fsp3) is 0.364. The molecule has 0 aromatic heterocycles. The van der Waals surface area contributed by atoms with Gasteiger partial charge in [-0.1, -0.05) is 0 Å². The highest BCUT2D eigenvalue weighted by molar-refractivity contribution is 9.10. The normalized spacial score (nSPS) is 10.0. The Kier molecular flexibility index (Phi) is 6.23. The van der Waals surface area contributed by atoms with E-state index in [1.807, 2.05) is 0 Å². The van der Waals surface area contributed by atoms with Crippen molar-refractivity contribution in [2.24, 2.45) is 0 Å². The molecule has 0 radical (unpaired) electrons. The standard InChI is InChI=1S/C11H14BrN3O4/c1-19-5-4-13-11(16)7-14-10-3-2-8(15(17)18)6-9(10)12/h2-3,6,14H,4-5,7H2,1H3,(H,13,16). The molecule has 1 amide bonds. The quantitative estimate of drug-likeness (QED) is 0.449. The Bertz CT molecular complexity index is 467. The number of carbonyl (C=O) groups excluding carboxylic acids is 1. The number of nitro benzene ring substituents is 1. The van der Waals surface area contributed by atoms with E-state index in [0.29, 0.717) is 23.3 Å². The Balaban J connectivity index is 2.49. The van der Waals surface area contributed by atoms with Gasteiger partial charge in [0.1, 0.15) is 0 Å². The summed E-state index contributed by atoms with van der Waals surface area (Å²) in [6, 6.07) is 4.30. The molecule has 0 saturated heterocycles. The number of hydrogen-bond donors (Lipinski definition) is 2. The fourth-order valence-corrected chi connectivity index (χ4v) is 1.80. The Morgan fingerprint density at radius 1 is 1.53 bits per heavy atom. The minimum atomic E-state index is -0.480. The number of nitrogens with one attached hydrogen (secondary N) is 2. The molecule has 2 N–H and O–H groups in total. The molecule has 1 aromatic rings. The monoisotopic (exact) mass is 331 g/mol. The maximum absolute atomic E-state index is 11.4. The molecule has 0 fully saturated rings. The lowest BCUT2D eigenvalue weighted by Gasteiger charge is -2.08. The van der Waals surface area contributed by atoms with Gasteiger partial charge in [0.25, 0.3) is 5.69 Å². The number of halogens is 1. The molecule has 0 atom stereocenters. The zero-order chi connectivity index (χ0) is 14.3. The smallest absolute Gasteiger partial charge is 0.270 e. The van der Waals surface area contributed by atoms with Crippen LogP contribution in [0.5, 0.6) is 0 Å². The Morgan fingerprint density at radius 2 is 2.26 bits per heavy atom. The summed E-state index contributed by atoms with van der Waals surface area (Å²) in [6.45, 7) is 0.978. The van der Waals surface area contributed by atoms with Gasteiger partial charge in [0.15, 0.2) is 0 Å². The van der Waals surface area contributed by atoms with Crippen LogP contribution in [0, 0.1) is 10.1 Å². The molecule has 19 heavy (non-hydrogen) atoms. The van der Waals surface area contributed by atoms with E-state index < -0.39 is 4.92 Å². The van der Waals surface area contributed by atoms with Gasteiger partial charge in [-0.3, -0.25) is 14.9 Å². The lowest BCUT2D eigenvalue weighted by atomic mass is 10.3. The number of hydrogen-bond acceptors (Lipinski definition) is 5.